The zero-order chi connectivity index (χ0) is 10.7. The first-order valence-electron chi connectivity index (χ1n) is 4.38. The van der Waals surface area contributed by atoms with Gasteiger partial charge in [0.05, 0.1) is 12.7 Å². The molecule has 0 saturated carbocycles. The van der Waals surface area contributed by atoms with Crippen LogP contribution in [0.1, 0.15) is 5.69 Å². The third-order valence-electron chi connectivity index (χ3n) is 1.86. The van der Waals surface area contributed by atoms with E-state index in [4.69, 9.17) is 4.74 Å². The zero-order valence-electron chi connectivity index (χ0n) is 8.43. The van der Waals surface area contributed by atoms with Crippen LogP contribution in [-0.2, 0) is 0 Å². The molecule has 15 heavy (non-hydrogen) atoms. The molecule has 2 rings (SSSR count). The van der Waals surface area contributed by atoms with Crippen molar-refractivity contribution in [2.24, 2.45) is 0 Å². The van der Waals surface area contributed by atoms with Crippen molar-refractivity contribution in [3.63, 3.8) is 0 Å². The van der Waals surface area contributed by atoms with E-state index in [9.17, 15) is 0 Å². The summed E-state index contributed by atoms with van der Waals surface area (Å²) in [5, 5.41) is 0. The molecule has 0 bridgehead atoms. The molecule has 0 N–H and O–H groups in total. The second-order valence-electron chi connectivity index (χ2n) is 2.91. The van der Waals surface area contributed by atoms with Crippen LogP contribution in [0.15, 0.2) is 18.5 Å². The van der Waals surface area contributed by atoms with Crippen molar-refractivity contribution < 1.29 is 4.74 Å². The number of nitrogens with zero attached hydrogens (tertiary/aromatic N) is 4. The summed E-state index contributed by atoms with van der Waals surface area (Å²) in [5.74, 6) is 0.983. The summed E-state index contributed by atoms with van der Waals surface area (Å²) in [5.41, 5.74) is 1.55. The van der Waals surface area contributed by atoms with Crippen LogP contribution in [0, 0.1) is 13.3 Å². The Morgan fingerprint density at radius 2 is 2.27 bits per heavy atom. The summed E-state index contributed by atoms with van der Waals surface area (Å²) in [6.45, 7) is 1.90. The summed E-state index contributed by atoms with van der Waals surface area (Å²) in [6.07, 6.45) is 5.73. The van der Waals surface area contributed by atoms with Crippen LogP contribution in [0.5, 0.6) is 5.88 Å². The zero-order valence-corrected chi connectivity index (χ0v) is 8.43. The maximum absolute atomic E-state index is 5.08. The van der Waals surface area contributed by atoms with Crippen LogP contribution < -0.4 is 4.74 Å². The normalized spacial score (nSPS) is 10.0. The van der Waals surface area contributed by atoms with Crippen LogP contribution in [0.4, 0.5) is 0 Å². The Morgan fingerprint density at radius 1 is 1.40 bits per heavy atom. The molecule has 75 valence electrons. The number of ether oxygens (including phenoxy) is 1. The van der Waals surface area contributed by atoms with Crippen molar-refractivity contribution in [2.45, 2.75) is 6.92 Å². The number of hydrogen-bond acceptors (Lipinski definition) is 5. The van der Waals surface area contributed by atoms with E-state index in [1.54, 1.807) is 12.4 Å². The highest BCUT2D eigenvalue weighted by molar-refractivity contribution is 5.59. The summed E-state index contributed by atoms with van der Waals surface area (Å²) in [4.78, 5) is 16.1. The van der Waals surface area contributed by atoms with Gasteiger partial charge in [-0.25, -0.2) is 15.0 Å². The molecule has 0 amide bonds. The van der Waals surface area contributed by atoms with E-state index in [-0.39, 0.29) is 0 Å². The van der Waals surface area contributed by atoms with Gasteiger partial charge in [0.2, 0.25) is 12.2 Å². The van der Waals surface area contributed by atoms with Crippen molar-refractivity contribution in [1.29, 1.82) is 0 Å². The van der Waals surface area contributed by atoms with Gasteiger partial charge in [0.25, 0.3) is 0 Å². The molecule has 1 radical (unpaired) electrons. The fourth-order valence-electron chi connectivity index (χ4n) is 1.17. The minimum absolute atomic E-state index is 0.426. The first-order valence-corrected chi connectivity index (χ1v) is 4.38. The van der Waals surface area contributed by atoms with Gasteiger partial charge in [-0.05, 0) is 13.0 Å². The number of aryl methyl sites for hydroxylation is 1. The summed E-state index contributed by atoms with van der Waals surface area (Å²) in [6, 6.07) is 1.83. The van der Waals surface area contributed by atoms with E-state index in [0.717, 1.165) is 5.69 Å². The minimum Gasteiger partial charge on any atom is -0.480 e. The number of aromatic nitrogens is 4. The van der Waals surface area contributed by atoms with Gasteiger partial charge in [0.1, 0.15) is 0 Å². The fraction of sp³-hybridized carbons (Fsp3) is 0.200. The van der Waals surface area contributed by atoms with Crippen LogP contribution in [0.3, 0.4) is 0 Å². The van der Waals surface area contributed by atoms with E-state index in [1.165, 1.54) is 7.11 Å². The van der Waals surface area contributed by atoms with Gasteiger partial charge >= 0.3 is 0 Å². The Morgan fingerprint density at radius 3 is 3.00 bits per heavy atom. The Labute approximate surface area is 87.2 Å². The summed E-state index contributed by atoms with van der Waals surface area (Å²) >= 11 is 0. The molecule has 2 aromatic rings. The quantitative estimate of drug-likeness (QED) is 0.726. The van der Waals surface area contributed by atoms with Crippen LogP contribution >= 0.6 is 0 Å². The maximum Gasteiger partial charge on any atom is 0.228 e. The third kappa shape index (κ3) is 1.90. The lowest BCUT2D eigenvalue weighted by atomic mass is 10.3. The second kappa shape index (κ2) is 4.00. The van der Waals surface area contributed by atoms with Crippen molar-refractivity contribution in [3.8, 4) is 17.3 Å². The van der Waals surface area contributed by atoms with E-state index < -0.39 is 0 Å². The Hall–Kier alpha value is -2.04. The molecule has 0 aromatic carbocycles. The van der Waals surface area contributed by atoms with Gasteiger partial charge in [-0.1, -0.05) is 0 Å². The monoisotopic (exact) mass is 201 g/mol. The lowest BCUT2D eigenvalue weighted by molar-refractivity contribution is 0.398. The number of rotatable bonds is 2. The molecular formula is C10H9N4O. The molecule has 0 aliphatic carbocycles. The highest BCUT2D eigenvalue weighted by atomic mass is 16.5. The molecule has 0 aliphatic heterocycles. The largest absolute Gasteiger partial charge is 0.480 e. The predicted octanol–water partition coefficient (Wildman–Crippen LogP) is 1.05. The maximum atomic E-state index is 5.08. The number of hydrogen-bond donors (Lipinski definition) is 0. The van der Waals surface area contributed by atoms with Crippen molar-refractivity contribution in [2.75, 3.05) is 7.11 Å². The Bertz CT molecular complexity index is 472. The number of methoxy groups -OCH3 is 1. The van der Waals surface area contributed by atoms with E-state index in [1.807, 2.05) is 13.0 Å². The van der Waals surface area contributed by atoms with Crippen molar-refractivity contribution in [1.82, 2.24) is 19.9 Å². The molecule has 0 fully saturated rings. The molecule has 5 heteroatoms. The van der Waals surface area contributed by atoms with Crippen LogP contribution in [0.25, 0.3) is 11.4 Å². The standard InChI is InChI=1S/C10H9N4O/c1-7-3-4-12-9(14-7)8-5-11-6-13-10(8)15-2/h3-5H,1-2H3. The van der Waals surface area contributed by atoms with Gasteiger partial charge in [0.15, 0.2) is 5.82 Å². The second-order valence-corrected chi connectivity index (χ2v) is 2.91. The van der Waals surface area contributed by atoms with Crippen LogP contribution in [0.2, 0.25) is 0 Å². The smallest absolute Gasteiger partial charge is 0.228 e. The van der Waals surface area contributed by atoms with Gasteiger partial charge in [-0.15, -0.1) is 0 Å². The Balaban J connectivity index is 2.53. The minimum atomic E-state index is 0.426. The lowest BCUT2D eigenvalue weighted by Gasteiger charge is -2.04. The highest BCUT2D eigenvalue weighted by Crippen LogP contribution is 2.22. The molecule has 0 unspecified atom stereocenters. The molecule has 0 atom stereocenters. The van der Waals surface area contributed by atoms with E-state index in [2.05, 4.69) is 26.3 Å². The first kappa shape index (κ1) is 9.51. The van der Waals surface area contributed by atoms with E-state index >= 15 is 0 Å². The average molecular weight is 201 g/mol. The fourth-order valence-corrected chi connectivity index (χ4v) is 1.17. The van der Waals surface area contributed by atoms with Crippen molar-refractivity contribution >= 4 is 0 Å². The Kier molecular flexibility index (Phi) is 2.53. The molecule has 0 saturated heterocycles. The molecule has 2 heterocycles. The van der Waals surface area contributed by atoms with Gasteiger partial charge in [-0.3, -0.25) is 0 Å². The average Bonchev–Trinajstić information content (AvgIpc) is 2.29. The van der Waals surface area contributed by atoms with Crippen LogP contribution in [-0.4, -0.2) is 27.0 Å². The molecule has 0 spiro atoms. The topological polar surface area (TPSA) is 60.8 Å². The van der Waals surface area contributed by atoms with Crippen molar-refractivity contribution in [3.05, 3.63) is 30.5 Å². The lowest BCUT2D eigenvalue weighted by Crippen LogP contribution is -1.97. The molecule has 5 nitrogen and oxygen atoms in total. The summed E-state index contributed by atoms with van der Waals surface area (Å²) in [7, 11) is 1.54. The molecule has 2 aromatic heterocycles. The highest BCUT2D eigenvalue weighted by Gasteiger charge is 2.09. The predicted molar refractivity (Wildman–Crippen MR) is 53.2 cm³/mol. The van der Waals surface area contributed by atoms with Gasteiger partial charge in [0, 0.05) is 18.1 Å². The molecule has 0 aliphatic rings. The SMILES string of the molecule is COc1n[c]ncc1-c1nccc(C)n1. The third-order valence-corrected chi connectivity index (χ3v) is 1.86. The first-order chi connectivity index (χ1) is 7.31. The van der Waals surface area contributed by atoms with E-state index in [0.29, 0.717) is 17.3 Å². The van der Waals surface area contributed by atoms with Gasteiger partial charge < -0.3 is 4.74 Å². The van der Waals surface area contributed by atoms with Gasteiger partial charge in [-0.2, -0.15) is 4.98 Å². The summed E-state index contributed by atoms with van der Waals surface area (Å²) < 4.78 is 5.08. The molecular weight excluding hydrogens is 192 g/mol.